The lowest BCUT2D eigenvalue weighted by Crippen LogP contribution is -2.44. The van der Waals surface area contributed by atoms with Crippen LogP contribution in [0.4, 0.5) is 0 Å². The molecule has 1 amide bonds. The van der Waals surface area contributed by atoms with E-state index in [1.54, 1.807) is 18.2 Å². The minimum absolute atomic E-state index is 0. The van der Waals surface area contributed by atoms with E-state index in [9.17, 15) is 13.2 Å². The second kappa shape index (κ2) is 11.1. The summed E-state index contributed by atoms with van der Waals surface area (Å²) in [6.45, 7) is 3.41. The number of amides is 1. The number of nitrogens with zero attached hydrogens (tertiary/aromatic N) is 1. The first-order chi connectivity index (χ1) is 11.9. The van der Waals surface area contributed by atoms with Crippen molar-refractivity contribution in [1.29, 1.82) is 0 Å². The molecule has 3 N–H and O–H groups in total. The molecule has 0 aromatic heterocycles. The van der Waals surface area contributed by atoms with Crippen LogP contribution in [0.1, 0.15) is 23.7 Å². The van der Waals surface area contributed by atoms with E-state index >= 15 is 0 Å². The van der Waals surface area contributed by atoms with Crippen molar-refractivity contribution >= 4 is 61.6 Å². The van der Waals surface area contributed by atoms with Crippen LogP contribution in [0.5, 0.6) is 0 Å². The molecule has 1 saturated heterocycles. The maximum absolute atomic E-state index is 12.0. The van der Waals surface area contributed by atoms with E-state index in [1.807, 2.05) is 13.0 Å². The normalized spacial score (nSPS) is 18.7. The van der Waals surface area contributed by atoms with E-state index in [2.05, 4.69) is 36.9 Å². The van der Waals surface area contributed by atoms with Crippen molar-refractivity contribution in [2.24, 2.45) is 4.99 Å². The van der Waals surface area contributed by atoms with Gasteiger partial charge in [0.1, 0.15) is 0 Å². The van der Waals surface area contributed by atoms with Crippen LogP contribution in [0.2, 0.25) is 0 Å². The van der Waals surface area contributed by atoms with Gasteiger partial charge in [-0.25, -0.2) is 8.42 Å². The zero-order valence-corrected chi connectivity index (χ0v) is 19.2. The third kappa shape index (κ3) is 7.78. The number of hydrogen-bond donors (Lipinski definition) is 3. The summed E-state index contributed by atoms with van der Waals surface area (Å²) >= 11 is 3.34. The fraction of sp³-hybridized carbons (Fsp3) is 0.500. The Hall–Kier alpha value is -0.880. The fourth-order valence-electron chi connectivity index (χ4n) is 2.49. The Kier molecular flexibility index (Phi) is 9.86. The fourth-order valence-corrected chi connectivity index (χ4v) is 4.56. The molecule has 0 radical (unpaired) electrons. The van der Waals surface area contributed by atoms with Crippen LogP contribution < -0.4 is 16.0 Å². The van der Waals surface area contributed by atoms with Crippen molar-refractivity contribution < 1.29 is 13.2 Å². The zero-order valence-electron chi connectivity index (χ0n) is 14.5. The summed E-state index contributed by atoms with van der Waals surface area (Å²) in [6.07, 6.45) is 0.590. The SMILES string of the molecule is CCNC(=NCCNC(=O)c1cccc(Br)c1)NC1CCS(=O)(=O)C1.I. The number of aliphatic imine (C=N–C) groups is 1. The molecule has 0 spiro atoms. The lowest BCUT2D eigenvalue weighted by atomic mass is 10.2. The largest absolute Gasteiger partial charge is 0.357 e. The van der Waals surface area contributed by atoms with Crippen LogP contribution in [-0.2, 0) is 9.84 Å². The highest BCUT2D eigenvalue weighted by Gasteiger charge is 2.28. The van der Waals surface area contributed by atoms with Crippen molar-refractivity contribution in [1.82, 2.24) is 16.0 Å². The summed E-state index contributed by atoms with van der Waals surface area (Å²) in [4.78, 5) is 16.4. The molecule has 1 unspecified atom stereocenters. The number of halogens is 2. The van der Waals surface area contributed by atoms with Gasteiger partial charge < -0.3 is 16.0 Å². The molecule has 1 aliphatic rings. The standard InChI is InChI=1S/C16H23BrN4O3S.HI/c1-2-18-16(21-14-6-9-25(23,24)11-14)20-8-7-19-15(22)12-4-3-5-13(17)10-12;/h3-5,10,14H,2,6-9,11H2,1H3,(H,19,22)(H2,18,20,21);1H. The lowest BCUT2D eigenvalue weighted by molar-refractivity contribution is 0.0954. The summed E-state index contributed by atoms with van der Waals surface area (Å²) < 4.78 is 23.9. The molecule has 26 heavy (non-hydrogen) atoms. The molecule has 1 aliphatic heterocycles. The second-order valence-electron chi connectivity index (χ2n) is 5.77. The Morgan fingerprint density at radius 1 is 1.35 bits per heavy atom. The minimum Gasteiger partial charge on any atom is -0.357 e. The highest BCUT2D eigenvalue weighted by atomic mass is 127. The molecule has 1 heterocycles. The highest BCUT2D eigenvalue weighted by Crippen LogP contribution is 2.12. The number of hydrogen-bond acceptors (Lipinski definition) is 4. The smallest absolute Gasteiger partial charge is 0.251 e. The van der Waals surface area contributed by atoms with Crippen LogP contribution in [0.3, 0.4) is 0 Å². The number of carbonyl (C=O) groups is 1. The predicted octanol–water partition coefficient (Wildman–Crippen LogP) is 1.54. The maximum Gasteiger partial charge on any atom is 0.251 e. The Balaban J connectivity index is 0.00000338. The topological polar surface area (TPSA) is 99.7 Å². The van der Waals surface area contributed by atoms with Gasteiger partial charge in [-0.1, -0.05) is 22.0 Å². The van der Waals surface area contributed by atoms with E-state index in [1.165, 1.54) is 0 Å². The number of benzene rings is 1. The molecular formula is C16H24BrIN4O3S. The Morgan fingerprint density at radius 3 is 2.73 bits per heavy atom. The molecule has 7 nitrogen and oxygen atoms in total. The second-order valence-corrected chi connectivity index (χ2v) is 8.92. The molecule has 0 aliphatic carbocycles. The Morgan fingerprint density at radius 2 is 2.12 bits per heavy atom. The molecule has 1 fully saturated rings. The summed E-state index contributed by atoms with van der Waals surface area (Å²) in [7, 11) is -2.93. The average Bonchev–Trinajstić information content (AvgIpc) is 2.90. The van der Waals surface area contributed by atoms with E-state index in [0.29, 0.717) is 37.6 Å². The number of rotatable bonds is 6. The van der Waals surface area contributed by atoms with E-state index in [4.69, 9.17) is 0 Å². The number of nitrogens with one attached hydrogen (secondary N) is 3. The first-order valence-electron chi connectivity index (χ1n) is 8.18. The van der Waals surface area contributed by atoms with Crippen LogP contribution >= 0.6 is 39.9 Å². The molecule has 0 bridgehead atoms. The summed E-state index contributed by atoms with van der Waals surface area (Å²) in [5, 5.41) is 9.04. The van der Waals surface area contributed by atoms with Gasteiger partial charge in [0.25, 0.3) is 5.91 Å². The van der Waals surface area contributed by atoms with Gasteiger partial charge in [-0.15, -0.1) is 24.0 Å². The van der Waals surface area contributed by atoms with Gasteiger partial charge in [-0.3, -0.25) is 9.79 Å². The van der Waals surface area contributed by atoms with Gasteiger partial charge >= 0.3 is 0 Å². The van der Waals surface area contributed by atoms with Crippen LogP contribution in [-0.4, -0.2) is 57.5 Å². The van der Waals surface area contributed by atoms with Gasteiger partial charge in [0, 0.05) is 29.2 Å². The molecule has 10 heteroatoms. The van der Waals surface area contributed by atoms with Crippen molar-refractivity contribution in [3.63, 3.8) is 0 Å². The molecule has 1 aromatic rings. The number of carbonyl (C=O) groups excluding carboxylic acids is 1. The van der Waals surface area contributed by atoms with Crippen molar-refractivity contribution in [3.05, 3.63) is 34.3 Å². The van der Waals surface area contributed by atoms with Gasteiger partial charge in [-0.2, -0.15) is 0 Å². The highest BCUT2D eigenvalue weighted by molar-refractivity contribution is 14.0. The monoisotopic (exact) mass is 558 g/mol. The van der Waals surface area contributed by atoms with Gasteiger partial charge in [-0.05, 0) is 31.5 Å². The van der Waals surface area contributed by atoms with Crippen molar-refractivity contribution in [2.45, 2.75) is 19.4 Å². The van der Waals surface area contributed by atoms with Crippen LogP contribution in [0, 0.1) is 0 Å². The third-order valence-electron chi connectivity index (χ3n) is 3.67. The molecule has 1 aromatic carbocycles. The first-order valence-corrected chi connectivity index (χ1v) is 10.8. The molecular weight excluding hydrogens is 535 g/mol. The molecule has 0 saturated carbocycles. The lowest BCUT2D eigenvalue weighted by Gasteiger charge is -2.15. The van der Waals surface area contributed by atoms with Crippen molar-refractivity contribution in [3.8, 4) is 0 Å². The van der Waals surface area contributed by atoms with Crippen LogP contribution in [0.25, 0.3) is 0 Å². The summed E-state index contributed by atoms with van der Waals surface area (Å²) in [5.41, 5.74) is 0.583. The van der Waals surface area contributed by atoms with E-state index < -0.39 is 9.84 Å². The maximum atomic E-state index is 12.0. The quantitative estimate of drug-likeness (QED) is 0.213. The van der Waals surface area contributed by atoms with Gasteiger partial charge in [0.05, 0.1) is 18.1 Å². The molecule has 1 atom stereocenters. The predicted molar refractivity (Wildman–Crippen MR) is 118 cm³/mol. The van der Waals surface area contributed by atoms with Gasteiger partial charge in [0.15, 0.2) is 15.8 Å². The summed E-state index contributed by atoms with van der Waals surface area (Å²) in [5.74, 6) is 0.765. The Labute approximate surface area is 179 Å². The van der Waals surface area contributed by atoms with E-state index in [-0.39, 0.29) is 47.4 Å². The third-order valence-corrected chi connectivity index (χ3v) is 5.93. The van der Waals surface area contributed by atoms with Gasteiger partial charge in [0.2, 0.25) is 0 Å². The minimum atomic E-state index is -2.93. The number of guanidine groups is 1. The van der Waals surface area contributed by atoms with Crippen LogP contribution in [0.15, 0.2) is 33.7 Å². The molecule has 2 rings (SSSR count). The first kappa shape index (κ1) is 23.2. The Bertz CT molecular complexity index is 743. The summed E-state index contributed by atoms with van der Waals surface area (Å²) in [6, 6.07) is 7.05. The van der Waals surface area contributed by atoms with E-state index in [0.717, 1.165) is 4.47 Å². The number of sulfone groups is 1. The molecule has 146 valence electrons. The average molecular weight is 559 g/mol. The van der Waals surface area contributed by atoms with Crippen molar-refractivity contribution in [2.75, 3.05) is 31.1 Å². The zero-order chi connectivity index (χ0) is 18.3.